The largest absolute Gasteiger partial charge is 0.497 e. The first-order chi connectivity index (χ1) is 14.9. The van der Waals surface area contributed by atoms with Crippen LogP contribution in [0.1, 0.15) is 29.5 Å². The van der Waals surface area contributed by atoms with Gasteiger partial charge in [-0.15, -0.1) is 0 Å². The van der Waals surface area contributed by atoms with Crippen LogP contribution in [0.2, 0.25) is 0 Å². The van der Waals surface area contributed by atoms with Crippen LogP contribution in [0.4, 0.5) is 5.69 Å². The molecule has 1 fully saturated rings. The molecule has 1 N–H and O–H groups in total. The minimum absolute atomic E-state index is 0.0740. The van der Waals surface area contributed by atoms with E-state index in [1.807, 2.05) is 49.1 Å². The summed E-state index contributed by atoms with van der Waals surface area (Å²) >= 11 is 0. The molecular formula is C25H28N2O4. The molecule has 0 radical (unpaired) electrons. The molecule has 2 aliphatic heterocycles. The van der Waals surface area contributed by atoms with Crippen molar-refractivity contribution in [3.63, 3.8) is 0 Å². The number of piperidine rings is 1. The van der Waals surface area contributed by atoms with Crippen LogP contribution in [0.5, 0.6) is 5.75 Å². The monoisotopic (exact) mass is 420 g/mol. The molecule has 0 spiro atoms. The normalized spacial score (nSPS) is 19.4. The molecule has 6 nitrogen and oxygen atoms in total. The maximum Gasteiger partial charge on any atom is 0.282 e. The van der Waals surface area contributed by atoms with Crippen molar-refractivity contribution in [2.75, 3.05) is 31.7 Å². The molecule has 2 aromatic carbocycles. The van der Waals surface area contributed by atoms with Gasteiger partial charge in [-0.25, -0.2) is 4.90 Å². The van der Waals surface area contributed by atoms with E-state index in [0.29, 0.717) is 41.4 Å². The van der Waals surface area contributed by atoms with Crippen LogP contribution in [0.3, 0.4) is 0 Å². The van der Waals surface area contributed by atoms with Gasteiger partial charge in [-0.1, -0.05) is 29.8 Å². The molecule has 31 heavy (non-hydrogen) atoms. The SMILES string of the molecule is COc1ccc(C2=C(N3CCCC(CO)C3)C(=O)N(c3ccc(C)cc3C)C2=O)cc1. The lowest BCUT2D eigenvalue weighted by molar-refractivity contribution is -0.120. The fourth-order valence-corrected chi connectivity index (χ4v) is 4.52. The van der Waals surface area contributed by atoms with Gasteiger partial charge in [0.15, 0.2) is 0 Å². The van der Waals surface area contributed by atoms with Crippen LogP contribution in [0.15, 0.2) is 48.2 Å². The van der Waals surface area contributed by atoms with E-state index in [2.05, 4.69) is 0 Å². The second-order valence-electron chi connectivity index (χ2n) is 8.32. The number of anilines is 1. The third-order valence-electron chi connectivity index (χ3n) is 6.12. The van der Waals surface area contributed by atoms with E-state index in [1.165, 1.54) is 4.90 Å². The first-order valence-corrected chi connectivity index (χ1v) is 10.6. The zero-order valence-electron chi connectivity index (χ0n) is 18.2. The van der Waals surface area contributed by atoms with Crippen molar-refractivity contribution >= 4 is 23.1 Å². The lowest BCUT2D eigenvalue weighted by Gasteiger charge is -2.34. The highest BCUT2D eigenvalue weighted by Gasteiger charge is 2.43. The Kier molecular flexibility index (Phi) is 5.83. The zero-order valence-corrected chi connectivity index (χ0v) is 18.2. The maximum atomic E-state index is 13.7. The van der Waals surface area contributed by atoms with Crippen molar-refractivity contribution in [2.45, 2.75) is 26.7 Å². The summed E-state index contributed by atoms with van der Waals surface area (Å²) in [5.74, 6) is 0.160. The van der Waals surface area contributed by atoms with Crippen molar-refractivity contribution in [1.29, 1.82) is 0 Å². The molecule has 2 heterocycles. The highest BCUT2D eigenvalue weighted by atomic mass is 16.5. The van der Waals surface area contributed by atoms with Crippen LogP contribution in [-0.4, -0.2) is 48.6 Å². The van der Waals surface area contributed by atoms with Crippen molar-refractivity contribution in [3.05, 3.63) is 64.9 Å². The number of likely N-dealkylation sites (tertiary alicyclic amines) is 1. The summed E-state index contributed by atoms with van der Waals surface area (Å²) in [5.41, 5.74) is 4.08. The Morgan fingerprint density at radius 1 is 1.06 bits per heavy atom. The van der Waals surface area contributed by atoms with Gasteiger partial charge in [0.1, 0.15) is 11.4 Å². The number of methoxy groups -OCH3 is 1. The van der Waals surface area contributed by atoms with E-state index in [-0.39, 0.29) is 24.3 Å². The predicted octanol–water partition coefficient (Wildman–Crippen LogP) is 3.30. The average molecular weight is 421 g/mol. The molecular weight excluding hydrogens is 392 g/mol. The lowest BCUT2D eigenvalue weighted by atomic mass is 9.97. The van der Waals surface area contributed by atoms with Gasteiger partial charge in [0.2, 0.25) is 0 Å². The number of imide groups is 1. The summed E-state index contributed by atoms with van der Waals surface area (Å²) in [7, 11) is 1.59. The van der Waals surface area contributed by atoms with Crippen LogP contribution in [0, 0.1) is 19.8 Å². The maximum absolute atomic E-state index is 13.7. The van der Waals surface area contributed by atoms with E-state index in [9.17, 15) is 14.7 Å². The number of benzene rings is 2. The summed E-state index contributed by atoms with van der Waals surface area (Å²) in [5, 5.41) is 9.68. The van der Waals surface area contributed by atoms with Gasteiger partial charge in [-0.05, 0) is 61.9 Å². The lowest BCUT2D eigenvalue weighted by Crippen LogP contribution is -2.40. The van der Waals surface area contributed by atoms with Gasteiger partial charge in [0.05, 0.1) is 18.4 Å². The first-order valence-electron chi connectivity index (χ1n) is 10.6. The van der Waals surface area contributed by atoms with Crippen LogP contribution in [-0.2, 0) is 9.59 Å². The van der Waals surface area contributed by atoms with Gasteiger partial charge >= 0.3 is 0 Å². The minimum Gasteiger partial charge on any atom is -0.497 e. The van der Waals surface area contributed by atoms with E-state index in [0.717, 1.165) is 24.0 Å². The van der Waals surface area contributed by atoms with Gasteiger partial charge in [-0.2, -0.15) is 0 Å². The molecule has 4 rings (SSSR count). The van der Waals surface area contributed by atoms with Crippen molar-refractivity contribution in [1.82, 2.24) is 4.90 Å². The standard InChI is InChI=1S/C25H28N2O4/c1-16-6-11-21(17(2)13-16)27-24(29)22(19-7-9-20(31-3)10-8-19)23(25(27)30)26-12-4-5-18(14-26)15-28/h6-11,13,18,28H,4-5,12,14-15H2,1-3H3. The Morgan fingerprint density at radius 3 is 2.45 bits per heavy atom. The number of hydrogen-bond donors (Lipinski definition) is 1. The fraction of sp³-hybridized carbons (Fsp3) is 0.360. The second-order valence-corrected chi connectivity index (χ2v) is 8.32. The Balaban J connectivity index is 1.82. The number of carbonyl (C=O) groups is 2. The molecule has 2 aliphatic rings. The Labute approximate surface area is 182 Å². The van der Waals surface area contributed by atoms with Gasteiger partial charge < -0.3 is 14.7 Å². The summed E-state index contributed by atoms with van der Waals surface area (Å²) in [4.78, 5) is 30.6. The highest BCUT2D eigenvalue weighted by molar-refractivity contribution is 6.45. The van der Waals surface area contributed by atoms with E-state index >= 15 is 0 Å². The van der Waals surface area contributed by atoms with Crippen molar-refractivity contribution in [2.24, 2.45) is 5.92 Å². The average Bonchev–Trinajstić information content (AvgIpc) is 3.04. The van der Waals surface area contributed by atoms with Gasteiger partial charge in [0, 0.05) is 19.7 Å². The van der Waals surface area contributed by atoms with Crippen molar-refractivity contribution in [3.8, 4) is 5.75 Å². The zero-order chi connectivity index (χ0) is 22.1. The molecule has 0 aromatic heterocycles. The topological polar surface area (TPSA) is 70.1 Å². The van der Waals surface area contributed by atoms with Crippen molar-refractivity contribution < 1.29 is 19.4 Å². The first kappa shape index (κ1) is 21.1. The molecule has 0 aliphatic carbocycles. The van der Waals surface area contributed by atoms with E-state index in [1.54, 1.807) is 19.2 Å². The number of aryl methyl sites for hydroxylation is 2. The molecule has 162 valence electrons. The third kappa shape index (κ3) is 3.83. The van der Waals surface area contributed by atoms with Gasteiger partial charge in [0.25, 0.3) is 11.8 Å². The Bertz CT molecular complexity index is 1040. The quantitative estimate of drug-likeness (QED) is 0.752. The number of hydrogen-bond acceptors (Lipinski definition) is 5. The van der Waals surface area contributed by atoms with Gasteiger partial charge in [-0.3, -0.25) is 9.59 Å². The highest BCUT2D eigenvalue weighted by Crippen LogP contribution is 2.38. The minimum atomic E-state index is -0.316. The summed E-state index contributed by atoms with van der Waals surface area (Å²) in [6.45, 7) is 5.22. The molecule has 0 bridgehead atoms. The summed E-state index contributed by atoms with van der Waals surface area (Å²) in [6, 6.07) is 13.0. The Morgan fingerprint density at radius 2 is 1.81 bits per heavy atom. The number of amides is 2. The number of carbonyl (C=O) groups excluding carboxylic acids is 2. The number of nitrogens with zero attached hydrogens (tertiary/aromatic N) is 2. The third-order valence-corrected chi connectivity index (χ3v) is 6.12. The number of aliphatic hydroxyl groups is 1. The smallest absolute Gasteiger partial charge is 0.282 e. The van der Waals surface area contributed by atoms with Crippen LogP contribution < -0.4 is 9.64 Å². The number of aliphatic hydroxyl groups excluding tert-OH is 1. The molecule has 6 heteroatoms. The molecule has 1 atom stereocenters. The van der Waals surface area contributed by atoms with E-state index in [4.69, 9.17) is 4.74 Å². The summed E-state index contributed by atoms with van der Waals surface area (Å²) in [6.07, 6.45) is 1.79. The fourth-order valence-electron chi connectivity index (χ4n) is 4.52. The number of rotatable bonds is 5. The summed E-state index contributed by atoms with van der Waals surface area (Å²) < 4.78 is 5.25. The van der Waals surface area contributed by atoms with Crippen LogP contribution >= 0.6 is 0 Å². The molecule has 2 amide bonds. The second kappa shape index (κ2) is 8.55. The van der Waals surface area contributed by atoms with Crippen LogP contribution in [0.25, 0.3) is 5.57 Å². The molecule has 1 saturated heterocycles. The predicted molar refractivity (Wildman–Crippen MR) is 120 cm³/mol. The molecule has 0 saturated carbocycles. The molecule has 1 unspecified atom stereocenters. The van der Waals surface area contributed by atoms with E-state index < -0.39 is 0 Å². The molecule has 2 aromatic rings. The number of ether oxygens (including phenoxy) is 1. The Hall–Kier alpha value is -3.12.